The summed E-state index contributed by atoms with van der Waals surface area (Å²) in [4.78, 5) is 25.1. The Morgan fingerprint density at radius 2 is 1.32 bits per heavy atom. The number of carbonyl (C=O) groups is 2. The van der Waals surface area contributed by atoms with Gasteiger partial charge >= 0.3 is 11.9 Å². The van der Waals surface area contributed by atoms with Gasteiger partial charge in [-0.1, -0.05) is 107 Å². The molecule has 0 aromatic heterocycles. The van der Waals surface area contributed by atoms with Gasteiger partial charge in [0.15, 0.2) is 5.75 Å². The van der Waals surface area contributed by atoms with Crippen molar-refractivity contribution < 1.29 is 23.8 Å². The SMILES string of the molecule is CCCCCCCCOc1ccc(-c2ccc(C(=O)Oc3c(Cl)cc(C(=O)OCC(C)CC)cc3Cl)cc2)cc1. The fraction of sp³-hybridized carbons (Fsp3) is 0.394. The zero-order valence-electron chi connectivity index (χ0n) is 23.5. The lowest BCUT2D eigenvalue weighted by molar-refractivity contribution is 0.0447. The number of halogens is 2. The minimum absolute atomic E-state index is 0.00701. The summed E-state index contributed by atoms with van der Waals surface area (Å²) in [6.45, 7) is 7.26. The van der Waals surface area contributed by atoms with E-state index in [0.717, 1.165) is 36.3 Å². The Morgan fingerprint density at radius 1 is 0.750 bits per heavy atom. The Kier molecular flexibility index (Phi) is 12.8. The van der Waals surface area contributed by atoms with Crippen molar-refractivity contribution in [3.63, 3.8) is 0 Å². The van der Waals surface area contributed by atoms with E-state index in [2.05, 4.69) is 6.92 Å². The summed E-state index contributed by atoms with van der Waals surface area (Å²) >= 11 is 12.6. The molecule has 3 rings (SSSR count). The summed E-state index contributed by atoms with van der Waals surface area (Å²) in [6, 6.07) is 17.8. The van der Waals surface area contributed by atoms with E-state index in [9.17, 15) is 9.59 Å². The number of rotatable bonds is 15. The van der Waals surface area contributed by atoms with Crippen LogP contribution in [0.3, 0.4) is 0 Å². The van der Waals surface area contributed by atoms with Crippen LogP contribution in [0.1, 0.15) is 86.4 Å². The van der Waals surface area contributed by atoms with E-state index in [0.29, 0.717) is 12.2 Å². The highest BCUT2D eigenvalue weighted by molar-refractivity contribution is 6.38. The number of unbranched alkanes of at least 4 members (excludes halogenated alkanes) is 5. The van der Waals surface area contributed by atoms with E-state index >= 15 is 0 Å². The highest BCUT2D eigenvalue weighted by Gasteiger charge is 2.19. The number of benzene rings is 3. The average Bonchev–Trinajstić information content (AvgIpc) is 2.97. The van der Waals surface area contributed by atoms with Crippen LogP contribution in [-0.4, -0.2) is 25.2 Å². The largest absolute Gasteiger partial charge is 0.494 e. The van der Waals surface area contributed by atoms with E-state index in [1.807, 2.05) is 50.2 Å². The van der Waals surface area contributed by atoms with Crippen LogP contribution in [0.15, 0.2) is 60.7 Å². The first-order chi connectivity index (χ1) is 19.3. The predicted molar refractivity (Wildman–Crippen MR) is 162 cm³/mol. The maximum absolute atomic E-state index is 12.8. The van der Waals surface area contributed by atoms with Gasteiger partial charge in [-0.2, -0.15) is 0 Å². The fourth-order valence-electron chi connectivity index (χ4n) is 3.96. The molecule has 3 aromatic carbocycles. The standard InChI is InChI=1S/C33H38Cl2O5/c1-4-6-7-8-9-10-19-38-28-17-15-25(16-18-28)24-11-13-26(14-12-24)33(37)40-31-29(34)20-27(21-30(31)35)32(36)39-22-23(3)5-2/h11-18,20-21,23H,4-10,19,22H2,1-3H3. The second-order valence-electron chi connectivity index (χ2n) is 9.99. The summed E-state index contributed by atoms with van der Waals surface area (Å²) in [5.74, 6) is -0.0565. The molecule has 0 aliphatic rings. The van der Waals surface area contributed by atoms with Crippen molar-refractivity contribution in [2.45, 2.75) is 65.7 Å². The first-order valence-corrected chi connectivity index (χ1v) is 14.8. The summed E-state index contributed by atoms with van der Waals surface area (Å²) in [5, 5.41) is 0.0959. The summed E-state index contributed by atoms with van der Waals surface area (Å²) in [5.41, 5.74) is 2.50. The maximum atomic E-state index is 12.8. The molecular formula is C33H38Cl2O5. The van der Waals surface area contributed by atoms with Crippen molar-refractivity contribution in [1.29, 1.82) is 0 Å². The molecule has 3 aromatic rings. The first kappa shape index (κ1) is 31.5. The maximum Gasteiger partial charge on any atom is 0.343 e. The molecule has 0 bridgehead atoms. The van der Waals surface area contributed by atoms with Crippen LogP contribution in [0.5, 0.6) is 11.5 Å². The molecule has 0 N–H and O–H groups in total. The van der Waals surface area contributed by atoms with E-state index in [-0.39, 0.29) is 27.3 Å². The van der Waals surface area contributed by atoms with Crippen molar-refractivity contribution in [3.05, 3.63) is 81.8 Å². The molecule has 0 heterocycles. The minimum atomic E-state index is -0.610. The Hall–Kier alpha value is -3.02. The summed E-state index contributed by atoms with van der Waals surface area (Å²) in [7, 11) is 0. The topological polar surface area (TPSA) is 61.8 Å². The Balaban J connectivity index is 1.55. The third kappa shape index (κ3) is 9.57. The molecule has 7 heteroatoms. The summed E-state index contributed by atoms with van der Waals surface area (Å²) in [6.07, 6.45) is 8.28. The molecule has 0 amide bonds. The van der Waals surface area contributed by atoms with Crippen molar-refractivity contribution in [1.82, 2.24) is 0 Å². The molecule has 0 aliphatic carbocycles. The molecule has 0 fully saturated rings. The van der Waals surface area contributed by atoms with Crippen LogP contribution in [0.25, 0.3) is 11.1 Å². The number of hydrogen-bond acceptors (Lipinski definition) is 5. The second kappa shape index (κ2) is 16.3. The zero-order valence-corrected chi connectivity index (χ0v) is 25.0. The van der Waals surface area contributed by atoms with Gasteiger partial charge < -0.3 is 14.2 Å². The van der Waals surface area contributed by atoms with Crippen LogP contribution >= 0.6 is 23.2 Å². The van der Waals surface area contributed by atoms with Crippen LogP contribution < -0.4 is 9.47 Å². The van der Waals surface area contributed by atoms with Crippen molar-refractivity contribution >= 4 is 35.1 Å². The molecule has 0 aliphatic heterocycles. The van der Waals surface area contributed by atoms with Gasteiger partial charge in [-0.15, -0.1) is 0 Å². The molecule has 5 nitrogen and oxygen atoms in total. The molecule has 1 atom stereocenters. The van der Waals surface area contributed by atoms with Gasteiger partial charge in [0, 0.05) is 0 Å². The predicted octanol–water partition coefficient (Wildman–Crippen LogP) is 9.82. The van der Waals surface area contributed by atoms with Gasteiger partial charge in [0.2, 0.25) is 0 Å². The highest BCUT2D eigenvalue weighted by Crippen LogP contribution is 2.35. The van der Waals surface area contributed by atoms with Crippen molar-refractivity contribution in [2.75, 3.05) is 13.2 Å². The van der Waals surface area contributed by atoms with Crippen LogP contribution in [-0.2, 0) is 4.74 Å². The second-order valence-corrected chi connectivity index (χ2v) is 10.8. The molecular weight excluding hydrogens is 547 g/mol. The van der Waals surface area contributed by atoms with Crippen molar-refractivity contribution in [2.24, 2.45) is 5.92 Å². The summed E-state index contributed by atoms with van der Waals surface area (Å²) < 4.78 is 16.6. The van der Waals surface area contributed by atoms with Crippen molar-refractivity contribution in [3.8, 4) is 22.6 Å². The minimum Gasteiger partial charge on any atom is -0.494 e. The average molecular weight is 586 g/mol. The van der Waals surface area contributed by atoms with E-state index in [1.54, 1.807) is 12.1 Å². The monoisotopic (exact) mass is 584 g/mol. The molecule has 40 heavy (non-hydrogen) atoms. The quantitative estimate of drug-likeness (QED) is 0.101. The third-order valence-corrected chi connectivity index (χ3v) is 7.26. The van der Waals surface area contributed by atoms with Gasteiger partial charge in [0.05, 0.1) is 34.4 Å². The van der Waals surface area contributed by atoms with Crippen LogP contribution in [0.2, 0.25) is 10.0 Å². The molecule has 214 valence electrons. The third-order valence-electron chi connectivity index (χ3n) is 6.70. The van der Waals surface area contributed by atoms with Gasteiger partial charge in [-0.05, 0) is 59.9 Å². The lowest BCUT2D eigenvalue weighted by Crippen LogP contribution is -2.12. The Bertz CT molecular complexity index is 1220. The number of carbonyl (C=O) groups excluding carboxylic acids is 2. The molecule has 0 saturated heterocycles. The molecule has 1 unspecified atom stereocenters. The molecule has 0 radical (unpaired) electrons. The van der Waals surface area contributed by atoms with Crippen LogP contribution in [0, 0.1) is 5.92 Å². The zero-order chi connectivity index (χ0) is 28.9. The van der Waals surface area contributed by atoms with E-state index < -0.39 is 11.9 Å². The van der Waals surface area contributed by atoms with Gasteiger partial charge in [0.1, 0.15) is 5.75 Å². The number of ether oxygens (including phenoxy) is 3. The normalized spacial score (nSPS) is 11.6. The molecule has 0 saturated carbocycles. The Morgan fingerprint density at radius 3 is 1.93 bits per heavy atom. The van der Waals surface area contributed by atoms with Gasteiger partial charge in [0.25, 0.3) is 0 Å². The molecule has 0 spiro atoms. The van der Waals surface area contributed by atoms with Gasteiger partial charge in [-0.3, -0.25) is 0 Å². The van der Waals surface area contributed by atoms with E-state index in [4.69, 9.17) is 37.4 Å². The van der Waals surface area contributed by atoms with Gasteiger partial charge in [-0.25, -0.2) is 9.59 Å². The number of hydrogen-bond donors (Lipinski definition) is 0. The number of esters is 2. The lowest BCUT2D eigenvalue weighted by Gasteiger charge is -2.12. The fourth-order valence-corrected chi connectivity index (χ4v) is 4.52. The lowest BCUT2D eigenvalue weighted by atomic mass is 10.0. The first-order valence-electron chi connectivity index (χ1n) is 14.0. The van der Waals surface area contributed by atoms with E-state index in [1.165, 1.54) is 44.2 Å². The smallest absolute Gasteiger partial charge is 0.343 e. The van der Waals surface area contributed by atoms with Crippen LogP contribution in [0.4, 0.5) is 0 Å². The highest BCUT2D eigenvalue weighted by atomic mass is 35.5. The Labute approximate surface area is 247 Å².